The highest BCUT2D eigenvalue weighted by molar-refractivity contribution is 5.07. The number of hydrogen-bond acceptors (Lipinski definition) is 2. The summed E-state index contributed by atoms with van der Waals surface area (Å²) in [5, 5.41) is 0. The third kappa shape index (κ3) is 2.12. The fourth-order valence-corrected chi connectivity index (χ4v) is 2.44. The minimum absolute atomic E-state index is 0.165. The second-order valence-corrected chi connectivity index (χ2v) is 4.75. The van der Waals surface area contributed by atoms with Gasteiger partial charge in [0.2, 0.25) is 0 Å². The third-order valence-electron chi connectivity index (χ3n) is 3.40. The first-order valence-corrected chi connectivity index (χ1v) is 6.12. The van der Waals surface area contributed by atoms with Crippen molar-refractivity contribution in [3.63, 3.8) is 0 Å². The summed E-state index contributed by atoms with van der Waals surface area (Å²) in [5.74, 6) is 0.598. The van der Waals surface area contributed by atoms with Crippen LogP contribution in [0.3, 0.4) is 0 Å². The van der Waals surface area contributed by atoms with Crippen LogP contribution in [0.15, 0.2) is 12.4 Å². The van der Waals surface area contributed by atoms with Crippen LogP contribution in [0, 0.1) is 0 Å². The number of aromatic nitrogens is 2. The molecule has 16 heavy (non-hydrogen) atoms. The lowest BCUT2D eigenvalue weighted by atomic mass is 9.83. The number of imidazole rings is 1. The first-order chi connectivity index (χ1) is 7.65. The van der Waals surface area contributed by atoms with Crippen LogP contribution in [0.5, 0.6) is 0 Å². The van der Waals surface area contributed by atoms with E-state index in [1.54, 1.807) is 6.20 Å². The summed E-state index contributed by atoms with van der Waals surface area (Å²) in [6, 6.07) is 0.165. The summed E-state index contributed by atoms with van der Waals surface area (Å²) in [7, 11) is 0. The maximum absolute atomic E-state index is 14.8. The number of alkyl halides is 1. The molecule has 1 fully saturated rings. The van der Waals surface area contributed by atoms with Gasteiger partial charge in [0.15, 0.2) is 5.67 Å². The minimum atomic E-state index is -1.26. The van der Waals surface area contributed by atoms with E-state index in [0.717, 1.165) is 25.8 Å². The Bertz CT molecular complexity index is 340. The molecule has 0 spiro atoms. The van der Waals surface area contributed by atoms with Crippen LogP contribution in [0.25, 0.3) is 0 Å². The highest BCUT2D eigenvalue weighted by Crippen LogP contribution is 2.39. The van der Waals surface area contributed by atoms with Crippen molar-refractivity contribution < 1.29 is 4.39 Å². The van der Waals surface area contributed by atoms with Gasteiger partial charge in [-0.05, 0) is 32.1 Å². The van der Waals surface area contributed by atoms with Gasteiger partial charge in [-0.15, -0.1) is 0 Å². The molecule has 0 atom stereocenters. The zero-order valence-electron chi connectivity index (χ0n) is 9.82. The molecule has 0 radical (unpaired) electrons. The molecule has 1 heterocycles. The van der Waals surface area contributed by atoms with Gasteiger partial charge in [0.25, 0.3) is 0 Å². The van der Waals surface area contributed by atoms with E-state index in [1.807, 2.05) is 10.8 Å². The van der Waals surface area contributed by atoms with E-state index in [-0.39, 0.29) is 6.04 Å². The Labute approximate surface area is 95.9 Å². The fraction of sp³-hybridized carbons (Fsp3) is 0.750. The minimum Gasteiger partial charge on any atom is -0.332 e. The Balaban J connectivity index is 2.18. The Morgan fingerprint density at radius 2 is 2.25 bits per heavy atom. The number of halogens is 1. The molecule has 1 aliphatic rings. The summed E-state index contributed by atoms with van der Waals surface area (Å²) in [6.07, 6.45) is 7.10. The fourth-order valence-electron chi connectivity index (χ4n) is 2.44. The highest BCUT2D eigenvalue weighted by Gasteiger charge is 2.39. The maximum atomic E-state index is 14.8. The van der Waals surface area contributed by atoms with Gasteiger partial charge < -0.3 is 10.3 Å². The van der Waals surface area contributed by atoms with Gasteiger partial charge in [0.05, 0.1) is 0 Å². The van der Waals surface area contributed by atoms with Crippen LogP contribution < -0.4 is 5.73 Å². The SMILES string of the molecule is CCCn1ccnc1C1(F)CCC(N)CC1. The molecule has 1 aromatic heterocycles. The lowest BCUT2D eigenvalue weighted by Crippen LogP contribution is -2.35. The Kier molecular flexibility index (Phi) is 3.28. The van der Waals surface area contributed by atoms with Crippen molar-refractivity contribution in [1.29, 1.82) is 0 Å². The predicted molar refractivity (Wildman–Crippen MR) is 61.7 cm³/mol. The number of rotatable bonds is 3. The number of nitrogens with two attached hydrogens (primary N) is 1. The van der Waals surface area contributed by atoms with Crippen LogP contribution in [0.2, 0.25) is 0 Å². The van der Waals surface area contributed by atoms with Crippen molar-refractivity contribution in [2.75, 3.05) is 0 Å². The van der Waals surface area contributed by atoms with Crippen LogP contribution in [-0.2, 0) is 12.2 Å². The zero-order valence-corrected chi connectivity index (χ0v) is 9.82. The van der Waals surface area contributed by atoms with E-state index in [1.165, 1.54) is 0 Å². The molecular weight excluding hydrogens is 205 g/mol. The summed E-state index contributed by atoms with van der Waals surface area (Å²) in [4.78, 5) is 4.20. The number of nitrogens with zero attached hydrogens (tertiary/aromatic N) is 2. The summed E-state index contributed by atoms with van der Waals surface area (Å²) in [5.41, 5.74) is 4.56. The summed E-state index contributed by atoms with van der Waals surface area (Å²) >= 11 is 0. The lowest BCUT2D eigenvalue weighted by Gasteiger charge is -2.32. The van der Waals surface area contributed by atoms with Crippen LogP contribution in [0.1, 0.15) is 44.9 Å². The third-order valence-corrected chi connectivity index (χ3v) is 3.40. The molecule has 0 unspecified atom stereocenters. The van der Waals surface area contributed by atoms with Gasteiger partial charge in [-0.1, -0.05) is 6.92 Å². The van der Waals surface area contributed by atoms with Gasteiger partial charge in [0, 0.05) is 25.0 Å². The predicted octanol–water partition coefficient (Wildman–Crippen LogP) is 2.36. The molecule has 0 amide bonds. The van der Waals surface area contributed by atoms with Crippen molar-refractivity contribution in [3.8, 4) is 0 Å². The molecule has 2 N–H and O–H groups in total. The van der Waals surface area contributed by atoms with Gasteiger partial charge in [-0.25, -0.2) is 9.37 Å². The first kappa shape index (κ1) is 11.6. The molecule has 0 aromatic carbocycles. The van der Waals surface area contributed by atoms with Crippen molar-refractivity contribution in [1.82, 2.24) is 9.55 Å². The number of aryl methyl sites for hydroxylation is 1. The molecule has 0 bridgehead atoms. The Morgan fingerprint density at radius 3 is 2.88 bits per heavy atom. The molecule has 90 valence electrons. The Morgan fingerprint density at radius 1 is 1.56 bits per heavy atom. The lowest BCUT2D eigenvalue weighted by molar-refractivity contribution is 0.0832. The van der Waals surface area contributed by atoms with E-state index in [4.69, 9.17) is 5.73 Å². The normalized spacial score (nSPS) is 30.6. The number of hydrogen-bond donors (Lipinski definition) is 1. The first-order valence-electron chi connectivity index (χ1n) is 6.12. The van der Waals surface area contributed by atoms with Crippen molar-refractivity contribution in [2.24, 2.45) is 5.73 Å². The molecule has 3 nitrogen and oxygen atoms in total. The highest BCUT2D eigenvalue weighted by atomic mass is 19.1. The molecule has 0 saturated heterocycles. The topological polar surface area (TPSA) is 43.8 Å². The van der Waals surface area contributed by atoms with E-state index >= 15 is 0 Å². The van der Waals surface area contributed by atoms with Gasteiger partial charge in [0.1, 0.15) is 5.82 Å². The smallest absolute Gasteiger partial charge is 0.168 e. The molecule has 0 aliphatic heterocycles. The molecular formula is C12H20FN3. The Hall–Kier alpha value is -0.900. The average molecular weight is 225 g/mol. The quantitative estimate of drug-likeness (QED) is 0.858. The van der Waals surface area contributed by atoms with E-state index in [0.29, 0.717) is 18.7 Å². The van der Waals surface area contributed by atoms with Crippen LogP contribution in [0.4, 0.5) is 4.39 Å². The molecule has 4 heteroatoms. The molecule has 1 saturated carbocycles. The zero-order chi connectivity index (χ0) is 11.6. The van der Waals surface area contributed by atoms with E-state index < -0.39 is 5.67 Å². The van der Waals surface area contributed by atoms with Crippen molar-refractivity contribution >= 4 is 0 Å². The molecule has 1 aromatic rings. The van der Waals surface area contributed by atoms with Crippen molar-refractivity contribution in [3.05, 3.63) is 18.2 Å². The van der Waals surface area contributed by atoms with E-state index in [2.05, 4.69) is 11.9 Å². The average Bonchev–Trinajstić information content (AvgIpc) is 2.72. The van der Waals surface area contributed by atoms with Crippen molar-refractivity contribution in [2.45, 2.75) is 57.3 Å². The molecule has 1 aliphatic carbocycles. The second kappa shape index (κ2) is 4.53. The monoisotopic (exact) mass is 225 g/mol. The van der Waals surface area contributed by atoms with Gasteiger partial charge in [-0.3, -0.25) is 0 Å². The largest absolute Gasteiger partial charge is 0.332 e. The van der Waals surface area contributed by atoms with Crippen LogP contribution >= 0.6 is 0 Å². The standard InChI is InChI=1S/C12H20FN3/c1-2-8-16-9-7-15-11(16)12(13)5-3-10(14)4-6-12/h7,9-10H,2-6,8,14H2,1H3. The maximum Gasteiger partial charge on any atom is 0.168 e. The van der Waals surface area contributed by atoms with Crippen LogP contribution in [-0.4, -0.2) is 15.6 Å². The van der Waals surface area contributed by atoms with Gasteiger partial charge in [-0.2, -0.15) is 0 Å². The van der Waals surface area contributed by atoms with E-state index in [9.17, 15) is 4.39 Å². The summed E-state index contributed by atoms with van der Waals surface area (Å²) < 4.78 is 16.7. The second-order valence-electron chi connectivity index (χ2n) is 4.75. The summed E-state index contributed by atoms with van der Waals surface area (Å²) in [6.45, 7) is 2.93. The molecule has 2 rings (SSSR count). The van der Waals surface area contributed by atoms with Gasteiger partial charge >= 0.3 is 0 Å².